The Balaban J connectivity index is 2.53. The lowest BCUT2D eigenvalue weighted by molar-refractivity contribution is -0.132. The van der Waals surface area contributed by atoms with Gasteiger partial charge in [-0.1, -0.05) is 0 Å². The van der Waals surface area contributed by atoms with E-state index < -0.39 is 10.0 Å². The molecule has 0 atom stereocenters. The number of hydrogen-bond donors (Lipinski definition) is 0. The first kappa shape index (κ1) is 16.4. The van der Waals surface area contributed by atoms with Crippen LogP contribution >= 0.6 is 0 Å². The fourth-order valence-electron chi connectivity index (χ4n) is 2.14. The van der Waals surface area contributed by atoms with Gasteiger partial charge in [-0.15, -0.1) is 0 Å². The lowest BCUT2D eigenvalue weighted by Gasteiger charge is -2.29. The van der Waals surface area contributed by atoms with Gasteiger partial charge in [0.1, 0.15) is 0 Å². The van der Waals surface area contributed by atoms with Crippen LogP contribution in [0.2, 0.25) is 0 Å². The Kier molecular flexibility index (Phi) is 6.74. The minimum atomic E-state index is -3.35. The van der Waals surface area contributed by atoms with Crippen LogP contribution in [-0.4, -0.2) is 69.7 Å². The maximum Gasteiger partial charge on any atom is 0.237 e. The van der Waals surface area contributed by atoms with E-state index in [1.807, 2.05) is 0 Å². The van der Waals surface area contributed by atoms with E-state index in [9.17, 15) is 13.2 Å². The summed E-state index contributed by atoms with van der Waals surface area (Å²) in [6.45, 7) is 2.25. The summed E-state index contributed by atoms with van der Waals surface area (Å²) >= 11 is 0. The van der Waals surface area contributed by atoms with Crippen molar-refractivity contribution in [2.24, 2.45) is 0 Å². The van der Waals surface area contributed by atoms with E-state index in [4.69, 9.17) is 4.74 Å². The molecule has 1 rings (SSSR count). The summed E-state index contributed by atoms with van der Waals surface area (Å²) in [5, 5.41) is 0. The van der Waals surface area contributed by atoms with Gasteiger partial charge in [-0.25, -0.2) is 8.42 Å². The van der Waals surface area contributed by atoms with Gasteiger partial charge < -0.3 is 9.64 Å². The van der Waals surface area contributed by atoms with Crippen LogP contribution in [0.15, 0.2) is 0 Å². The SMILES string of the molecule is COCCCN(CC(=O)N1CCCCC1)S(C)(=O)=O. The molecule has 1 aliphatic heterocycles. The highest BCUT2D eigenvalue weighted by molar-refractivity contribution is 7.88. The summed E-state index contributed by atoms with van der Waals surface area (Å²) in [6, 6.07) is 0. The van der Waals surface area contributed by atoms with Crippen LogP contribution in [0.4, 0.5) is 0 Å². The number of hydrogen-bond acceptors (Lipinski definition) is 4. The normalized spacial score (nSPS) is 16.9. The second-order valence-electron chi connectivity index (χ2n) is 4.88. The molecule has 0 N–H and O–H groups in total. The predicted molar refractivity (Wildman–Crippen MR) is 73.3 cm³/mol. The Morgan fingerprint density at radius 3 is 2.42 bits per heavy atom. The number of sulfonamides is 1. The third kappa shape index (κ3) is 5.88. The van der Waals surface area contributed by atoms with Gasteiger partial charge in [0.05, 0.1) is 12.8 Å². The molecule has 0 aromatic rings. The molecule has 19 heavy (non-hydrogen) atoms. The number of amides is 1. The van der Waals surface area contributed by atoms with Crippen molar-refractivity contribution < 1.29 is 17.9 Å². The summed E-state index contributed by atoms with van der Waals surface area (Å²) in [4.78, 5) is 13.8. The van der Waals surface area contributed by atoms with Gasteiger partial charge in [-0.05, 0) is 25.7 Å². The number of carbonyl (C=O) groups excluding carboxylic acids is 1. The minimum Gasteiger partial charge on any atom is -0.385 e. The molecular formula is C12H24N2O4S. The van der Waals surface area contributed by atoms with Crippen molar-refractivity contribution in [3.05, 3.63) is 0 Å². The Hall–Kier alpha value is -0.660. The molecule has 0 aliphatic carbocycles. The first-order chi connectivity index (χ1) is 8.95. The molecule has 1 amide bonds. The van der Waals surface area contributed by atoms with Gasteiger partial charge in [0, 0.05) is 33.4 Å². The van der Waals surface area contributed by atoms with E-state index in [1.54, 1.807) is 12.0 Å². The molecule has 1 heterocycles. The molecule has 0 saturated carbocycles. The quantitative estimate of drug-likeness (QED) is 0.633. The lowest BCUT2D eigenvalue weighted by Crippen LogP contribution is -2.44. The summed E-state index contributed by atoms with van der Waals surface area (Å²) in [5.74, 6) is -0.0949. The fourth-order valence-corrected chi connectivity index (χ4v) is 2.95. The molecule has 0 aromatic carbocycles. The van der Waals surface area contributed by atoms with Crippen molar-refractivity contribution in [3.8, 4) is 0 Å². The summed E-state index contributed by atoms with van der Waals surface area (Å²) in [5.41, 5.74) is 0. The van der Waals surface area contributed by atoms with Crippen LogP contribution in [0.25, 0.3) is 0 Å². The minimum absolute atomic E-state index is 0.0530. The molecule has 7 heteroatoms. The Labute approximate surface area is 115 Å². The molecule has 0 bridgehead atoms. The molecule has 6 nitrogen and oxygen atoms in total. The number of rotatable bonds is 7. The average Bonchev–Trinajstić information content (AvgIpc) is 2.37. The van der Waals surface area contributed by atoms with E-state index in [0.29, 0.717) is 19.6 Å². The molecule has 0 unspecified atom stereocenters. The molecule has 1 fully saturated rings. The van der Waals surface area contributed by atoms with Crippen molar-refractivity contribution >= 4 is 15.9 Å². The summed E-state index contributed by atoms with van der Waals surface area (Å²) in [7, 11) is -1.78. The van der Waals surface area contributed by atoms with Crippen LogP contribution in [0.1, 0.15) is 25.7 Å². The van der Waals surface area contributed by atoms with Crippen LogP contribution in [0.3, 0.4) is 0 Å². The number of piperidine rings is 1. The zero-order valence-electron chi connectivity index (χ0n) is 11.8. The van der Waals surface area contributed by atoms with Crippen LogP contribution in [0.5, 0.6) is 0 Å². The zero-order chi connectivity index (χ0) is 14.3. The second kappa shape index (κ2) is 7.81. The zero-order valence-corrected chi connectivity index (χ0v) is 12.6. The maximum absolute atomic E-state index is 12.1. The molecule has 0 aromatic heterocycles. The topological polar surface area (TPSA) is 66.9 Å². The first-order valence-corrected chi connectivity index (χ1v) is 8.52. The van der Waals surface area contributed by atoms with E-state index in [0.717, 1.165) is 38.6 Å². The van der Waals surface area contributed by atoms with Crippen LogP contribution in [-0.2, 0) is 19.6 Å². The number of carbonyl (C=O) groups is 1. The van der Waals surface area contributed by atoms with Crippen molar-refractivity contribution in [1.29, 1.82) is 0 Å². The highest BCUT2D eigenvalue weighted by atomic mass is 32.2. The largest absolute Gasteiger partial charge is 0.385 e. The number of likely N-dealkylation sites (tertiary alicyclic amines) is 1. The monoisotopic (exact) mass is 292 g/mol. The fraction of sp³-hybridized carbons (Fsp3) is 0.917. The average molecular weight is 292 g/mol. The molecule has 1 aliphatic rings. The van der Waals surface area contributed by atoms with E-state index in [-0.39, 0.29) is 12.5 Å². The van der Waals surface area contributed by atoms with Gasteiger partial charge in [-0.3, -0.25) is 4.79 Å². The second-order valence-corrected chi connectivity index (χ2v) is 6.87. The maximum atomic E-state index is 12.1. The van der Waals surface area contributed by atoms with Crippen LogP contribution < -0.4 is 0 Å². The lowest BCUT2D eigenvalue weighted by atomic mass is 10.1. The summed E-state index contributed by atoms with van der Waals surface area (Å²) < 4.78 is 29.5. The molecular weight excluding hydrogens is 268 g/mol. The molecule has 0 spiro atoms. The number of methoxy groups -OCH3 is 1. The van der Waals surface area contributed by atoms with Crippen molar-refractivity contribution in [1.82, 2.24) is 9.21 Å². The Morgan fingerprint density at radius 1 is 1.26 bits per heavy atom. The first-order valence-electron chi connectivity index (χ1n) is 6.67. The number of ether oxygens (including phenoxy) is 1. The summed E-state index contributed by atoms with van der Waals surface area (Å²) in [6.07, 6.45) is 4.90. The predicted octanol–water partition coefficient (Wildman–Crippen LogP) is 0.297. The molecule has 112 valence electrons. The van der Waals surface area contributed by atoms with Crippen molar-refractivity contribution in [2.45, 2.75) is 25.7 Å². The highest BCUT2D eigenvalue weighted by Gasteiger charge is 2.23. The smallest absolute Gasteiger partial charge is 0.237 e. The Bertz CT molecular complexity index is 377. The highest BCUT2D eigenvalue weighted by Crippen LogP contribution is 2.10. The molecule has 1 saturated heterocycles. The van der Waals surface area contributed by atoms with Crippen LogP contribution in [0, 0.1) is 0 Å². The van der Waals surface area contributed by atoms with Crippen molar-refractivity contribution in [2.75, 3.05) is 46.2 Å². The molecule has 0 radical (unpaired) electrons. The Morgan fingerprint density at radius 2 is 1.89 bits per heavy atom. The van der Waals surface area contributed by atoms with Crippen molar-refractivity contribution in [3.63, 3.8) is 0 Å². The third-order valence-electron chi connectivity index (χ3n) is 3.25. The van der Waals surface area contributed by atoms with Gasteiger partial charge in [0.25, 0.3) is 0 Å². The van der Waals surface area contributed by atoms with E-state index in [2.05, 4.69) is 0 Å². The van der Waals surface area contributed by atoms with E-state index in [1.165, 1.54) is 4.31 Å². The number of nitrogens with zero attached hydrogens (tertiary/aromatic N) is 2. The van der Waals surface area contributed by atoms with Gasteiger partial charge in [0.2, 0.25) is 15.9 Å². The third-order valence-corrected chi connectivity index (χ3v) is 4.50. The van der Waals surface area contributed by atoms with Gasteiger partial charge in [0.15, 0.2) is 0 Å². The van der Waals surface area contributed by atoms with E-state index >= 15 is 0 Å². The van der Waals surface area contributed by atoms with Gasteiger partial charge >= 0.3 is 0 Å². The van der Waals surface area contributed by atoms with Gasteiger partial charge in [-0.2, -0.15) is 4.31 Å². The standard InChI is InChI=1S/C12H24N2O4S/c1-18-10-6-9-14(19(2,16)17)11-12(15)13-7-4-3-5-8-13/h3-11H2,1-2H3.